The van der Waals surface area contributed by atoms with Crippen LogP contribution in [-0.4, -0.2) is 13.0 Å². The fourth-order valence-electron chi connectivity index (χ4n) is 2.53. The van der Waals surface area contributed by atoms with E-state index in [9.17, 15) is 13.0 Å². The van der Waals surface area contributed by atoms with Crippen molar-refractivity contribution in [2.45, 2.75) is 50.3 Å². The Labute approximate surface area is 144 Å². The third-order valence-electron chi connectivity index (χ3n) is 3.86. The zero-order valence-corrected chi connectivity index (χ0v) is 14.8. The Morgan fingerprint density at radius 2 is 1.67 bits per heavy atom. The van der Waals surface area contributed by atoms with Crippen LogP contribution in [0.15, 0.2) is 53.4 Å². The molecule has 0 heterocycles. The lowest BCUT2D eigenvalue weighted by Crippen LogP contribution is -2.00. The maximum absolute atomic E-state index is 11.4. The highest BCUT2D eigenvalue weighted by Crippen LogP contribution is 2.29. The number of rotatable bonds is 9. The van der Waals surface area contributed by atoms with Crippen molar-refractivity contribution in [3.8, 4) is 11.5 Å². The predicted molar refractivity (Wildman–Crippen MR) is 95.2 cm³/mol. The summed E-state index contributed by atoms with van der Waals surface area (Å²) in [5, 5.41) is 0. The summed E-state index contributed by atoms with van der Waals surface area (Å²) in [6.45, 7) is 2.18. The number of hydrogen-bond donors (Lipinski definition) is 1. The lowest BCUT2D eigenvalue weighted by atomic mass is 10.0. The van der Waals surface area contributed by atoms with Crippen LogP contribution in [0.3, 0.4) is 0 Å². The van der Waals surface area contributed by atoms with E-state index < -0.39 is 10.1 Å². The molecule has 2 aromatic carbocycles. The van der Waals surface area contributed by atoms with E-state index in [0.29, 0.717) is 11.5 Å². The first-order valence-corrected chi connectivity index (χ1v) is 9.78. The number of benzene rings is 2. The van der Waals surface area contributed by atoms with Crippen LogP contribution >= 0.6 is 0 Å². The highest BCUT2D eigenvalue weighted by molar-refractivity contribution is 7.85. The van der Waals surface area contributed by atoms with Crippen LogP contribution < -0.4 is 4.74 Å². The summed E-state index contributed by atoms with van der Waals surface area (Å²) in [4.78, 5) is -0.150. The van der Waals surface area contributed by atoms with Gasteiger partial charge in [0.1, 0.15) is 11.5 Å². The maximum atomic E-state index is 11.4. The quantitative estimate of drug-likeness (QED) is 0.497. The van der Waals surface area contributed by atoms with Crippen molar-refractivity contribution < 1.29 is 17.7 Å². The maximum Gasteiger partial charge on any atom is 0.294 e. The van der Waals surface area contributed by atoms with Crippen LogP contribution in [0.2, 0.25) is 0 Å². The third kappa shape index (κ3) is 5.65. The summed E-state index contributed by atoms with van der Waals surface area (Å²) in [5.74, 6) is 1.11. The molecule has 1 N–H and O–H groups in total. The molecular weight excluding hydrogens is 324 g/mol. The molecule has 24 heavy (non-hydrogen) atoms. The second-order valence-electron chi connectivity index (χ2n) is 5.82. The molecule has 0 spiro atoms. The van der Waals surface area contributed by atoms with Gasteiger partial charge in [0.05, 0.1) is 4.90 Å². The summed E-state index contributed by atoms with van der Waals surface area (Å²) < 4.78 is 37.9. The number of unbranched alkanes of at least 4 members (excludes halogenated alkanes) is 4. The van der Waals surface area contributed by atoms with Gasteiger partial charge in [-0.05, 0) is 36.6 Å². The SMILES string of the molecule is CCCCCCCc1ccc(S(=O)(=O)O)cc1Oc1ccccc1. The Morgan fingerprint density at radius 1 is 0.958 bits per heavy atom. The number of para-hydroxylation sites is 1. The molecule has 0 saturated carbocycles. The molecule has 5 heteroatoms. The Kier molecular flexibility index (Phi) is 6.82. The van der Waals surface area contributed by atoms with E-state index in [1.807, 2.05) is 30.3 Å². The molecule has 0 bridgehead atoms. The molecule has 0 radical (unpaired) electrons. The van der Waals surface area contributed by atoms with Crippen LogP contribution in [0.5, 0.6) is 11.5 Å². The fraction of sp³-hybridized carbons (Fsp3) is 0.368. The van der Waals surface area contributed by atoms with Crippen molar-refractivity contribution in [3.05, 3.63) is 54.1 Å². The summed E-state index contributed by atoms with van der Waals surface area (Å²) >= 11 is 0. The number of aryl methyl sites for hydroxylation is 1. The first kappa shape index (κ1) is 18.5. The molecule has 0 aliphatic carbocycles. The van der Waals surface area contributed by atoms with E-state index in [0.717, 1.165) is 24.8 Å². The Hall–Kier alpha value is -1.85. The van der Waals surface area contributed by atoms with E-state index >= 15 is 0 Å². The topological polar surface area (TPSA) is 63.6 Å². The first-order valence-electron chi connectivity index (χ1n) is 8.34. The van der Waals surface area contributed by atoms with E-state index in [4.69, 9.17) is 4.74 Å². The lowest BCUT2D eigenvalue weighted by molar-refractivity contribution is 0.466. The zero-order valence-electron chi connectivity index (χ0n) is 13.9. The molecule has 0 aliphatic heterocycles. The van der Waals surface area contributed by atoms with E-state index in [1.54, 1.807) is 6.07 Å². The largest absolute Gasteiger partial charge is 0.457 e. The van der Waals surface area contributed by atoms with Gasteiger partial charge in [0.25, 0.3) is 10.1 Å². The molecule has 2 rings (SSSR count). The van der Waals surface area contributed by atoms with Crippen LogP contribution in [0, 0.1) is 0 Å². The van der Waals surface area contributed by atoms with Gasteiger partial charge in [0.15, 0.2) is 0 Å². The number of ether oxygens (including phenoxy) is 1. The Balaban J connectivity index is 2.18. The van der Waals surface area contributed by atoms with E-state index in [1.165, 1.54) is 31.4 Å². The fourth-order valence-corrected chi connectivity index (χ4v) is 3.03. The molecule has 0 aliphatic rings. The molecule has 2 aromatic rings. The van der Waals surface area contributed by atoms with Gasteiger partial charge in [0, 0.05) is 6.07 Å². The van der Waals surface area contributed by atoms with Gasteiger partial charge >= 0.3 is 0 Å². The van der Waals surface area contributed by atoms with Gasteiger partial charge in [-0.25, -0.2) is 0 Å². The van der Waals surface area contributed by atoms with Gasteiger partial charge in [-0.1, -0.05) is 56.9 Å². The smallest absolute Gasteiger partial charge is 0.294 e. The van der Waals surface area contributed by atoms with Crippen LogP contribution in [-0.2, 0) is 16.5 Å². The van der Waals surface area contributed by atoms with Crippen LogP contribution in [0.1, 0.15) is 44.6 Å². The van der Waals surface area contributed by atoms with Gasteiger partial charge in [0.2, 0.25) is 0 Å². The second-order valence-corrected chi connectivity index (χ2v) is 7.25. The number of hydrogen-bond acceptors (Lipinski definition) is 3. The standard InChI is InChI=1S/C19H24O4S/c1-2-3-4-5-7-10-16-13-14-18(24(20,21)22)15-19(16)23-17-11-8-6-9-12-17/h6,8-9,11-15H,2-5,7,10H2,1H3,(H,20,21,22). The Morgan fingerprint density at radius 3 is 2.33 bits per heavy atom. The van der Waals surface area contributed by atoms with Gasteiger partial charge < -0.3 is 4.74 Å². The minimum Gasteiger partial charge on any atom is -0.457 e. The molecule has 0 fully saturated rings. The first-order chi connectivity index (χ1) is 11.5. The lowest BCUT2D eigenvalue weighted by Gasteiger charge is -2.12. The molecule has 0 amide bonds. The van der Waals surface area contributed by atoms with Gasteiger partial charge in [-0.3, -0.25) is 4.55 Å². The summed E-state index contributed by atoms with van der Waals surface area (Å²) in [5.41, 5.74) is 0.947. The van der Waals surface area contributed by atoms with Crippen molar-refractivity contribution in [2.24, 2.45) is 0 Å². The summed E-state index contributed by atoms with van der Waals surface area (Å²) in [6.07, 6.45) is 6.61. The molecule has 0 unspecified atom stereocenters. The van der Waals surface area contributed by atoms with Crippen molar-refractivity contribution >= 4 is 10.1 Å². The molecule has 4 nitrogen and oxygen atoms in total. The zero-order chi connectivity index (χ0) is 17.4. The summed E-state index contributed by atoms with van der Waals surface area (Å²) in [7, 11) is -4.25. The van der Waals surface area contributed by atoms with E-state index in [-0.39, 0.29) is 4.90 Å². The van der Waals surface area contributed by atoms with Gasteiger partial charge in [-0.15, -0.1) is 0 Å². The van der Waals surface area contributed by atoms with Crippen LogP contribution in [0.4, 0.5) is 0 Å². The minimum atomic E-state index is -4.25. The third-order valence-corrected chi connectivity index (χ3v) is 4.71. The predicted octanol–water partition coefficient (Wildman–Crippen LogP) is 5.24. The highest BCUT2D eigenvalue weighted by Gasteiger charge is 2.14. The molecule has 0 atom stereocenters. The molecule has 0 saturated heterocycles. The average molecular weight is 348 g/mol. The van der Waals surface area contributed by atoms with Crippen molar-refractivity contribution in [1.29, 1.82) is 0 Å². The second kappa shape index (κ2) is 8.85. The normalized spacial score (nSPS) is 11.4. The minimum absolute atomic E-state index is 0.150. The highest BCUT2D eigenvalue weighted by atomic mass is 32.2. The summed E-state index contributed by atoms with van der Waals surface area (Å²) in [6, 6.07) is 13.8. The molecule has 0 aromatic heterocycles. The van der Waals surface area contributed by atoms with Crippen molar-refractivity contribution in [3.63, 3.8) is 0 Å². The van der Waals surface area contributed by atoms with E-state index in [2.05, 4.69) is 6.92 Å². The van der Waals surface area contributed by atoms with Crippen molar-refractivity contribution in [2.75, 3.05) is 0 Å². The molecular formula is C19H24O4S. The monoisotopic (exact) mass is 348 g/mol. The van der Waals surface area contributed by atoms with Crippen LogP contribution in [0.25, 0.3) is 0 Å². The van der Waals surface area contributed by atoms with Crippen molar-refractivity contribution in [1.82, 2.24) is 0 Å². The van der Waals surface area contributed by atoms with Gasteiger partial charge in [-0.2, -0.15) is 8.42 Å². The Bertz CT molecular complexity index is 739. The molecule has 130 valence electrons. The average Bonchev–Trinajstić information content (AvgIpc) is 2.56.